The summed E-state index contributed by atoms with van der Waals surface area (Å²) >= 11 is 2.07. The van der Waals surface area contributed by atoms with Gasteiger partial charge in [0.15, 0.2) is 0 Å². The van der Waals surface area contributed by atoms with E-state index in [4.69, 9.17) is 0 Å². The minimum Gasteiger partial charge on any atom is -0.300 e. The van der Waals surface area contributed by atoms with Crippen LogP contribution in [-0.2, 0) is 4.79 Å². The monoisotopic (exact) mass is 242 g/mol. The highest BCUT2D eigenvalue weighted by molar-refractivity contribution is 7.99. The van der Waals surface area contributed by atoms with E-state index in [1.807, 2.05) is 0 Å². The lowest BCUT2D eigenvalue weighted by atomic mass is 10.0. The molecule has 0 N–H and O–H groups in total. The molecule has 0 atom stereocenters. The van der Waals surface area contributed by atoms with Gasteiger partial charge < -0.3 is 0 Å². The Morgan fingerprint density at radius 2 is 1.06 bits per heavy atom. The van der Waals surface area contributed by atoms with Crippen LogP contribution in [0.4, 0.5) is 0 Å². The van der Waals surface area contributed by atoms with E-state index in [2.05, 4.69) is 11.8 Å². The molecule has 1 heterocycles. The number of ketones is 1. The molecule has 0 radical (unpaired) electrons. The third-order valence-corrected chi connectivity index (χ3v) is 4.39. The summed E-state index contributed by atoms with van der Waals surface area (Å²) in [5, 5.41) is 0. The maximum atomic E-state index is 11.5. The van der Waals surface area contributed by atoms with Crippen LogP contribution >= 0.6 is 11.8 Å². The summed E-state index contributed by atoms with van der Waals surface area (Å²) in [6.45, 7) is 0. The molecule has 1 aliphatic heterocycles. The summed E-state index contributed by atoms with van der Waals surface area (Å²) in [7, 11) is 0. The summed E-state index contributed by atoms with van der Waals surface area (Å²) in [6.07, 6.45) is 13.3. The molecule has 0 aromatic heterocycles. The van der Waals surface area contributed by atoms with Crippen molar-refractivity contribution in [2.45, 2.75) is 70.6 Å². The molecule has 1 fully saturated rings. The van der Waals surface area contributed by atoms with Gasteiger partial charge in [0, 0.05) is 12.8 Å². The molecular weight excluding hydrogens is 216 g/mol. The van der Waals surface area contributed by atoms with Crippen LogP contribution in [-0.4, -0.2) is 17.3 Å². The van der Waals surface area contributed by atoms with Crippen molar-refractivity contribution in [1.82, 2.24) is 0 Å². The van der Waals surface area contributed by atoms with Crippen molar-refractivity contribution in [3.8, 4) is 0 Å². The highest BCUT2D eigenvalue weighted by atomic mass is 32.2. The minimum absolute atomic E-state index is 0.500. The molecule has 16 heavy (non-hydrogen) atoms. The van der Waals surface area contributed by atoms with Gasteiger partial charge in [-0.1, -0.05) is 32.1 Å². The van der Waals surface area contributed by atoms with Crippen molar-refractivity contribution in [2.75, 3.05) is 11.5 Å². The molecule has 1 nitrogen and oxygen atoms in total. The van der Waals surface area contributed by atoms with Crippen molar-refractivity contribution < 1.29 is 4.79 Å². The lowest BCUT2D eigenvalue weighted by Gasteiger charge is -2.01. The number of hydrogen-bond donors (Lipinski definition) is 0. The normalized spacial score (nSPS) is 23.4. The maximum Gasteiger partial charge on any atom is 0.132 e. The predicted molar refractivity (Wildman–Crippen MR) is 73.1 cm³/mol. The van der Waals surface area contributed by atoms with Gasteiger partial charge in [0.25, 0.3) is 0 Å². The van der Waals surface area contributed by atoms with E-state index in [-0.39, 0.29) is 0 Å². The van der Waals surface area contributed by atoms with Crippen LogP contribution in [0.2, 0.25) is 0 Å². The van der Waals surface area contributed by atoms with E-state index in [0.29, 0.717) is 5.78 Å². The summed E-state index contributed by atoms with van der Waals surface area (Å²) in [5.74, 6) is 3.08. The molecule has 0 saturated carbocycles. The second-order valence-electron chi connectivity index (χ2n) is 4.83. The summed E-state index contributed by atoms with van der Waals surface area (Å²) in [5.41, 5.74) is 0. The number of Topliss-reactive ketones (excluding diaryl/α,β-unsaturated/α-hetero) is 1. The second kappa shape index (κ2) is 10.2. The predicted octanol–water partition coefficient (Wildman–Crippen LogP) is 4.59. The molecule has 0 bridgehead atoms. The molecule has 0 unspecified atom stereocenters. The lowest BCUT2D eigenvalue weighted by molar-refractivity contribution is -0.119. The molecule has 1 saturated heterocycles. The Hall–Kier alpha value is 0.0200. The van der Waals surface area contributed by atoms with Gasteiger partial charge >= 0.3 is 0 Å². The topological polar surface area (TPSA) is 17.1 Å². The molecule has 1 aliphatic rings. The zero-order chi connectivity index (χ0) is 11.5. The van der Waals surface area contributed by atoms with Gasteiger partial charge in [0.1, 0.15) is 5.78 Å². The summed E-state index contributed by atoms with van der Waals surface area (Å²) in [4.78, 5) is 11.5. The first-order valence-corrected chi connectivity index (χ1v) is 8.14. The summed E-state index contributed by atoms with van der Waals surface area (Å²) in [6, 6.07) is 0. The Bertz CT molecular complexity index is 162. The molecule has 94 valence electrons. The van der Waals surface area contributed by atoms with Crippen molar-refractivity contribution in [3.05, 3.63) is 0 Å². The number of carbonyl (C=O) groups is 1. The van der Waals surface area contributed by atoms with Gasteiger partial charge in [-0.05, 0) is 37.2 Å². The first kappa shape index (κ1) is 14.1. The Labute approximate surface area is 105 Å². The maximum absolute atomic E-state index is 11.5. The molecule has 1 rings (SSSR count). The van der Waals surface area contributed by atoms with Crippen molar-refractivity contribution in [1.29, 1.82) is 0 Å². The van der Waals surface area contributed by atoms with Gasteiger partial charge in [-0.2, -0.15) is 11.8 Å². The van der Waals surface area contributed by atoms with Crippen LogP contribution in [0.1, 0.15) is 70.6 Å². The van der Waals surface area contributed by atoms with Crippen molar-refractivity contribution in [2.24, 2.45) is 0 Å². The minimum atomic E-state index is 0.500. The Morgan fingerprint density at radius 1 is 0.625 bits per heavy atom. The zero-order valence-corrected chi connectivity index (χ0v) is 11.3. The van der Waals surface area contributed by atoms with Gasteiger partial charge in [0.2, 0.25) is 0 Å². The number of rotatable bonds is 0. The third kappa shape index (κ3) is 8.20. The second-order valence-corrected chi connectivity index (χ2v) is 6.06. The molecule has 0 aliphatic carbocycles. The van der Waals surface area contributed by atoms with Crippen LogP contribution in [0.15, 0.2) is 0 Å². The van der Waals surface area contributed by atoms with Gasteiger partial charge in [-0.25, -0.2) is 0 Å². The SMILES string of the molecule is O=C1CCCCCCCCCSCCCC1. The van der Waals surface area contributed by atoms with Crippen LogP contribution in [0.25, 0.3) is 0 Å². The highest BCUT2D eigenvalue weighted by Crippen LogP contribution is 2.14. The molecule has 0 amide bonds. The fourth-order valence-corrected chi connectivity index (χ4v) is 3.18. The number of thioether (sulfide) groups is 1. The van der Waals surface area contributed by atoms with E-state index in [9.17, 15) is 4.79 Å². The average molecular weight is 242 g/mol. The largest absolute Gasteiger partial charge is 0.300 e. The fraction of sp³-hybridized carbons (Fsp3) is 0.929. The highest BCUT2D eigenvalue weighted by Gasteiger charge is 2.02. The molecule has 0 aromatic rings. The number of hydrogen-bond acceptors (Lipinski definition) is 2. The van der Waals surface area contributed by atoms with Crippen LogP contribution in [0.3, 0.4) is 0 Å². The standard InChI is InChI=1S/C14H26OS/c15-14-10-6-4-2-1-3-5-8-12-16-13-9-7-11-14/h1-13H2. The Kier molecular flexibility index (Phi) is 8.97. The van der Waals surface area contributed by atoms with Crippen LogP contribution in [0.5, 0.6) is 0 Å². The smallest absolute Gasteiger partial charge is 0.132 e. The lowest BCUT2D eigenvalue weighted by Crippen LogP contribution is -1.98. The average Bonchev–Trinajstić information content (AvgIpc) is 2.29. The van der Waals surface area contributed by atoms with E-state index in [1.165, 1.54) is 56.5 Å². The van der Waals surface area contributed by atoms with Gasteiger partial charge in [-0.3, -0.25) is 4.79 Å². The zero-order valence-electron chi connectivity index (χ0n) is 10.5. The van der Waals surface area contributed by atoms with Crippen LogP contribution in [0, 0.1) is 0 Å². The van der Waals surface area contributed by atoms with Gasteiger partial charge in [0.05, 0.1) is 0 Å². The summed E-state index contributed by atoms with van der Waals surface area (Å²) < 4.78 is 0. The third-order valence-electron chi connectivity index (χ3n) is 3.24. The van der Waals surface area contributed by atoms with E-state index in [1.54, 1.807) is 0 Å². The van der Waals surface area contributed by atoms with E-state index in [0.717, 1.165) is 25.7 Å². The van der Waals surface area contributed by atoms with E-state index >= 15 is 0 Å². The molecule has 2 heteroatoms. The molecule has 0 spiro atoms. The van der Waals surface area contributed by atoms with Crippen LogP contribution < -0.4 is 0 Å². The quantitative estimate of drug-likeness (QED) is 0.618. The molecular formula is C14H26OS. The van der Waals surface area contributed by atoms with Crippen molar-refractivity contribution in [3.63, 3.8) is 0 Å². The van der Waals surface area contributed by atoms with Gasteiger partial charge in [-0.15, -0.1) is 0 Å². The molecule has 0 aromatic carbocycles. The first-order valence-electron chi connectivity index (χ1n) is 6.99. The number of carbonyl (C=O) groups excluding carboxylic acids is 1. The Balaban J connectivity index is 2.13. The van der Waals surface area contributed by atoms with Crippen molar-refractivity contribution >= 4 is 17.5 Å². The fourth-order valence-electron chi connectivity index (χ4n) is 2.16. The van der Waals surface area contributed by atoms with E-state index < -0.39 is 0 Å². The Morgan fingerprint density at radius 3 is 1.75 bits per heavy atom. The first-order chi connectivity index (χ1) is 7.89.